The number of nitrogen functional groups attached to an aromatic ring is 1. The smallest absolute Gasteiger partial charge is 0.339 e. The number of anilines is 1. The first kappa shape index (κ1) is 36.3. The van der Waals surface area contributed by atoms with Gasteiger partial charge in [0, 0.05) is 23.6 Å². The number of carboxylic acids is 1. The lowest BCUT2D eigenvalue weighted by Gasteiger charge is -2.27. The summed E-state index contributed by atoms with van der Waals surface area (Å²) in [5, 5.41) is 12.2. The second-order valence-electron chi connectivity index (χ2n) is 10.7. The number of aliphatic carboxylic acids is 1. The lowest BCUT2D eigenvalue weighted by atomic mass is 9.81. The van der Waals surface area contributed by atoms with Crippen molar-refractivity contribution in [2.24, 2.45) is 17.6 Å². The fraction of sp³-hybridized carbons (Fsp3) is 0.344. The molecule has 1 atom stereocenters. The first-order chi connectivity index (χ1) is 20.4. The molecule has 3 aromatic rings. The van der Waals surface area contributed by atoms with Gasteiger partial charge in [0.25, 0.3) is 0 Å². The molecule has 0 saturated heterocycles. The molecule has 0 unspecified atom stereocenters. The standard InChI is InChI=1S/C24H30N2O6S.C8H9NO.ClH/c1-16-2-12-21(13-3-16)33(30,31)32-20-10-6-17(7-11-20)14-22(24(28)29)26-23(27)19-8-4-18(15-25)5-9-19;1-6(10)7-2-4-8(9)5-3-7;/h2-3,6-7,10-13,18-19,22H,4-5,8-9,14-15,25H2,1H3,(H,26,27)(H,28,29);2-5H,9H2,1H3;1H/t18?,19?,22-;;/m0../s1. The average molecular weight is 646 g/mol. The highest BCUT2D eigenvalue weighted by Crippen LogP contribution is 2.28. The lowest BCUT2D eigenvalue weighted by molar-refractivity contribution is -0.142. The van der Waals surface area contributed by atoms with E-state index in [0.29, 0.717) is 42.1 Å². The Bertz CT molecular complexity index is 1490. The maximum absolute atomic E-state index is 12.6. The number of carbonyl (C=O) groups is 3. The van der Waals surface area contributed by atoms with E-state index >= 15 is 0 Å². The van der Waals surface area contributed by atoms with Crippen molar-refractivity contribution in [2.45, 2.75) is 56.9 Å². The summed E-state index contributed by atoms with van der Waals surface area (Å²) < 4.78 is 30.0. The highest BCUT2D eigenvalue weighted by Gasteiger charge is 2.29. The lowest BCUT2D eigenvalue weighted by Crippen LogP contribution is -2.45. The summed E-state index contributed by atoms with van der Waals surface area (Å²) in [5.41, 5.74) is 14.1. The third kappa shape index (κ3) is 11.0. The minimum atomic E-state index is -3.97. The number of halogens is 1. The summed E-state index contributed by atoms with van der Waals surface area (Å²) in [7, 11) is -3.97. The molecular formula is C32H40ClN3O7S. The minimum absolute atomic E-state index is 0. The maximum atomic E-state index is 12.6. The molecule has 1 aliphatic rings. The Morgan fingerprint density at radius 1 is 0.932 bits per heavy atom. The van der Waals surface area contributed by atoms with E-state index in [1.165, 1.54) is 31.2 Å². The van der Waals surface area contributed by atoms with E-state index in [4.69, 9.17) is 15.7 Å². The van der Waals surface area contributed by atoms with Crippen molar-refractivity contribution < 1.29 is 32.1 Å². The summed E-state index contributed by atoms with van der Waals surface area (Å²) in [6.45, 7) is 4.00. The molecule has 4 rings (SSSR count). The number of ketones is 1. The van der Waals surface area contributed by atoms with Crippen LogP contribution in [0.5, 0.6) is 5.75 Å². The second kappa shape index (κ2) is 16.8. The summed E-state index contributed by atoms with van der Waals surface area (Å²) >= 11 is 0. The van der Waals surface area contributed by atoms with E-state index in [2.05, 4.69) is 5.32 Å². The normalized spacial score (nSPS) is 16.7. The molecule has 10 nitrogen and oxygen atoms in total. The van der Waals surface area contributed by atoms with Gasteiger partial charge in [-0.2, -0.15) is 8.42 Å². The fourth-order valence-corrected chi connectivity index (χ4v) is 5.59. The van der Waals surface area contributed by atoms with Crippen molar-refractivity contribution in [2.75, 3.05) is 12.3 Å². The first-order valence-corrected chi connectivity index (χ1v) is 15.5. The van der Waals surface area contributed by atoms with Crippen LogP contribution in [0.25, 0.3) is 0 Å². The fourth-order valence-electron chi connectivity index (χ4n) is 4.66. The van der Waals surface area contributed by atoms with Gasteiger partial charge in [-0.3, -0.25) is 9.59 Å². The molecule has 1 saturated carbocycles. The van der Waals surface area contributed by atoms with Crippen molar-refractivity contribution >= 4 is 45.9 Å². The molecule has 238 valence electrons. The molecule has 1 fully saturated rings. The van der Waals surface area contributed by atoms with Crippen LogP contribution < -0.4 is 21.0 Å². The summed E-state index contributed by atoms with van der Waals surface area (Å²) in [6, 6.07) is 18.2. The Morgan fingerprint density at radius 3 is 2.00 bits per heavy atom. The van der Waals surface area contributed by atoms with E-state index < -0.39 is 22.1 Å². The highest BCUT2D eigenvalue weighted by molar-refractivity contribution is 7.87. The largest absolute Gasteiger partial charge is 0.480 e. The monoisotopic (exact) mass is 645 g/mol. The van der Waals surface area contributed by atoms with Gasteiger partial charge in [0.05, 0.1) is 0 Å². The zero-order chi connectivity index (χ0) is 31.6. The molecule has 44 heavy (non-hydrogen) atoms. The van der Waals surface area contributed by atoms with Crippen LogP contribution >= 0.6 is 12.4 Å². The van der Waals surface area contributed by atoms with Crippen LogP contribution in [0.3, 0.4) is 0 Å². The Balaban J connectivity index is 0.000000521. The van der Waals surface area contributed by atoms with Crippen molar-refractivity contribution in [3.05, 3.63) is 89.5 Å². The number of benzene rings is 3. The SMILES string of the molecule is CC(=O)c1ccc(N)cc1.Cc1ccc(S(=O)(=O)Oc2ccc(C[C@H](NC(=O)C3CCC(CN)CC3)C(=O)O)cc2)cc1.Cl. The van der Waals surface area contributed by atoms with E-state index in [0.717, 1.165) is 18.4 Å². The van der Waals surface area contributed by atoms with Crippen LogP contribution in [0.1, 0.15) is 54.1 Å². The molecule has 12 heteroatoms. The molecule has 0 spiro atoms. The topological polar surface area (TPSA) is 179 Å². The van der Waals surface area contributed by atoms with Crippen molar-refractivity contribution in [1.82, 2.24) is 5.32 Å². The van der Waals surface area contributed by atoms with Crippen molar-refractivity contribution in [3.63, 3.8) is 0 Å². The number of hydrogen-bond acceptors (Lipinski definition) is 8. The van der Waals surface area contributed by atoms with Crippen LogP contribution in [0.15, 0.2) is 77.7 Å². The Kier molecular flexibility index (Phi) is 13.8. The van der Waals surface area contributed by atoms with Gasteiger partial charge in [0.1, 0.15) is 16.7 Å². The summed E-state index contributed by atoms with van der Waals surface area (Å²) in [4.78, 5) is 35.1. The molecule has 3 aromatic carbocycles. The number of amides is 1. The first-order valence-electron chi connectivity index (χ1n) is 14.1. The van der Waals surface area contributed by atoms with Crippen LogP contribution in [0, 0.1) is 18.8 Å². The van der Waals surface area contributed by atoms with Gasteiger partial charge in [-0.05, 0) is 106 Å². The number of nitrogens with two attached hydrogens (primary N) is 2. The number of Topliss-reactive ketones (excluding diaryl/α,β-unsaturated/α-hetero) is 1. The number of hydrogen-bond donors (Lipinski definition) is 4. The average Bonchev–Trinajstić information content (AvgIpc) is 2.98. The van der Waals surface area contributed by atoms with Crippen LogP contribution in [-0.2, 0) is 26.1 Å². The maximum Gasteiger partial charge on any atom is 0.339 e. The van der Waals surface area contributed by atoms with Crippen molar-refractivity contribution in [1.29, 1.82) is 0 Å². The number of nitrogens with one attached hydrogen (secondary N) is 1. The molecule has 0 heterocycles. The third-order valence-electron chi connectivity index (χ3n) is 7.36. The number of carbonyl (C=O) groups excluding carboxylic acids is 2. The summed E-state index contributed by atoms with van der Waals surface area (Å²) in [6.07, 6.45) is 3.24. The van der Waals surface area contributed by atoms with E-state index in [-0.39, 0.29) is 47.1 Å². The molecule has 0 aromatic heterocycles. The zero-order valence-corrected chi connectivity index (χ0v) is 26.4. The van der Waals surface area contributed by atoms with Crippen LogP contribution in [0.2, 0.25) is 0 Å². The van der Waals surface area contributed by atoms with Gasteiger partial charge in [-0.1, -0.05) is 29.8 Å². The Hall–Kier alpha value is -3.93. The van der Waals surface area contributed by atoms with Gasteiger partial charge in [-0.25, -0.2) is 4.79 Å². The van der Waals surface area contributed by atoms with Crippen LogP contribution in [0.4, 0.5) is 5.69 Å². The zero-order valence-electron chi connectivity index (χ0n) is 24.8. The van der Waals surface area contributed by atoms with Gasteiger partial charge in [-0.15, -0.1) is 12.4 Å². The molecular weight excluding hydrogens is 606 g/mol. The molecule has 1 amide bonds. The van der Waals surface area contributed by atoms with E-state index in [1.807, 2.05) is 6.92 Å². The molecule has 0 bridgehead atoms. The number of aryl methyl sites for hydroxylation is 1. The van der Waals surface area contributed by atoms with Gasteiger partial charge in [0.15, 0.2) is 5.78 Å². The second-order valence-corrected chi connectivity index (χ2v) is 12.3. The Morgan fingerprint density at radius 2 is 1.50 bits per heavy atom. The predicted molar refractivity (Wildman–Crippen MR) is 171 cm³/mol. The molecule has 6 N–H and O–H groups in total. The summed E-state index contributed by atoms with van der Waals surface area (Å²) in [5.74, 6) is -0.951. The van der Waals surface area contributed by atoms with Gasteiger partial charge < -0.3 is 26.1 Å². The number of rotatable bonds is 10. The van der Waals surface area contributed by atoms with Gasteiger partial charge >= 0.3 is 16.1 Å². The van der Waals surface area contributed by atoms with E-state index in [1.54, 1.807) is 48.5 Å². The third-order valence-corrected chi connectivity index (χ3v) is 8.62. The van der Waals surface area contributed by atoms with E-state index in [9.17, 15) is 27.9 Å². The Labute approximate surface area is 264 Å². The number of carboxylic acid groups (broad SMARTS) is 1. The predicted octanol–water partition coefficient (Wildman–Crippen LogP) is 4.53. The highest BCUT2D eigenvalue weighted by atomic mass is 35.5. The quantitative estimate of drug-likeness (QED) is 0.140. The molecule has 0 aliphatic heterocycles. The van der Waals surface area contributed by atoms with Crippen LogP contribution in [-0.4, -0.2) is 43.8 Å². The van der Waals surface area contributed by atoms with Gasteiger partial charge in [0.2, 0.25) is 5.91 Å². The minimum Gasteiger partial charge on any atom is -0.480 e. The van der Waals surface area contributed by atoms with Crippen molar-refractivity contribution in [3.8, 4) is 5.75 Å². The molecule has 1 aliphatic carbocycles. The molecule has 0 radical (unpaired) electrons.